The van der Waals surface area contributed by atoms with Crippen molar-refractivity contribution in [3.8, 4) is 0 Å². The molecule has 20 heavy (non-hydrogen) atoms. The largest absolute Gasteiger partial charge is 0.416 e. The summed E-state index contributed by atoms with van der Waals surface area (Å²) in [5, 5.41) is 9.63. The molecule has 0 spiro atoms. The van der Waals surface area contributed by atoms with Gasteiger partial charge in [0.1, 0.15) is 11.9 Å². The number of rotatable bonds is 2. The smallest absolute Gasteiger partial charge is 0.384 e. The molecule has 0 aliphatic carbocycles. The number of aliphatic hydroxyl groups excluding tert-OH is 1. The van der Waals surface area contributed by atoms with E-state index in [1.54, 1.807) is 0 Å². The lowest BCUT2D eigenvalue weighted by Gasteiger charge is -2.18. The first-order valence-corrected chi connectivity index (χ1v) is 5.83. The van der Waals surface area contributed by atoms with E-state index in [9.17, 15) is 22.7 Å². The van der Waals surface area contributed by atoms with Gasteiger partial charge in [0, 0.05) is 23.5 Å². The van der Waals surface area contributed by atoms with E-state index in [4.69, 9.17) is 11.6 Å². The van der Waals surface area contributed by atoms with Crippen molar-refractivity contribution in [2.24, 2.45) is 0 Å². The second-order valence-corrected chi connectivity index (χ2v) is 4.38. The van der Waals surface area contributed by atoms with Gasteiger partial charge in [-0.25, -0.2) is 4.39 Å². The molecule has 0 saturated carbocycles. The second kappa shape index (κ2) is 5.38. The Hall–Kier alpha value is -1.66. The molecule has 1 N–H and O–H groups in total. The predicted octanol–water partition coefficient (Wildman–Crippen LogP) is 3.97. The van der Waals surface area contributed by atoms with Crippen molar-refractivity contribution in [2.45, 2.75) is 12.3 Å². The number of hydrogen-bond acceptors (Lipinski definition) is 2. The van der Waals surface area contributed by atoms with E-state index >= 15 is 0 Å². The van der Waals surface area contributed by atoms with Crippen LogP contribution < -0.4 is 0 Å². The molecule has 7 heteroatoms. The van der Waals surface area contributed by atoms with Crippen LogP contribution in [-0.2, 0) is 6.18 Å². The molecule has 2 rings (SSSR count). The van der Waals surface area contributed by atoms with Gasteiger partial charge in [0.2, 0.25) is 0 Å². The summed E-state index contributed by atoms with van der Waals surface area (Å²) in [5.41, 5.74) is -1.67. The van der Waals surface area contributed by atoms with E-state index < -0.39 is 34.2 Å². The van der Waals surface area contributed by atoms with Gasteiger partial charge in [-0.1, -0.05) is 23.7 Å². The van der Waals surface area contributed by atoms with Crippen LogP contribution in [0.3, 0.4) is 0 Å². The summed E-state index contributed by atoms with van der Waals surface area (Å²) in [4.78, 5) is 3.56. The van der Waals surface area contributed by atoms with Crippen LogP contribution in [0.2, 0.25) is 5.02 Å². The molecule has 0 fully saturated rings. The maximum Gasteiger partial charge on any atom is 0.416 e. The minimum atomic E-state index is -4.65. The lowest BCUT2D eigenvalue weighted by atomic mass is 9.98. The van der Waals surface area contributed by atoms with Crippen LogP contribution in [0.5, 0.6) is 0 Å². The third kappa shape index (κ3) is 2.76. The lowest BCUT2D eigenvalue weighted by molar-refractivity contribution is -0.139. The van der Waals surface area contributed by atoms with E-state index in [-0.39, 0.29) is 5.56 Å². The highest BCUT2D eigenvalue weighted by atomic mass is 35.5. The van der Waals surface area contributed by atoms with Gasteiger partial charge in [0.05, 0.1) is 10.6 Å². The molecule has 0 amide bonds. The van der Waals surface area contributed by atoms with Crippen molar-refractivity contribution in [2.75, 3.05) is 0 Å². The molecule has 0 radical (unpaired) electrons. The summed E-state index contributed by atoms with van der Waals surface area (Å²) in [6, 6.07) is 4.30. The first-order chi connectivity index (χ1) is 9.32. The fourth-order valence-corrected chi connectivity index (χ4v) is 2.01. The number of hydrogen-bond donors (Lipinski definition) is 1. The summed E-state index contributed by atoms with van der Waals surface area (Å²) in [5.74, 6) is -0.819. The summed E-state index contributed by atoms with van der Waals surface area (Å²) in [7, 11) is 0. The SMILES string of the molecule is OC(c1cnccc1C(F)(F)F)c1cccc(F)c1Cl. The molecule has 0 bridgehead atoms. The Morgan fingerprint density at radius 1 is 1.15 bits per heavy atom. The Kier molecular flexibility index (Phi) is 3.96. The van der Waals surface area contributed by atoms with Gasteiger partial charge >= 0.3 is 6.18 Å². The van der Waals surface area contributed by atoms with Crippen LogP contribution in [-0.4, -0.2) is 10.1 Å². The van der Waals surface area contributed by atoms with E-state index in [1.807, 2.05) is 0 Å². The van der Waals surface area contributed by atoms with E-state index in [2.05, 4.69) is 4.98 Å². The number of alkyl halides is 3. The van der Waals surface area contributed by atoms with Crippen LogP contribution in [0.15, 0.2) is 36.7 Å². The van der Waals surface area contributed by atoms with Gasteiger partial charge < -0.3 is 5.11 Å². The van der Waals surface area contributed by atoms with Crippen molar-refractivity contribution >= 4 is 11.6 Å². The molecule has 1 aromatic carbocycles. The zero-order valence-electron chi connectivity index (χ0n) is 9.83. The molecule has 0 aliphatic rings. The van der Waals surface area contributed by atoms with Gasteiger partial charge in [-0.2, -0.15) is 13.2 Å². The fourth-order valence-electron chi connectivity index (χ4n) is 1.78. The maximum atomic E-state index is 13.3. The standard InChI is InChI=1S/C13H8ClF4NO/c14-11-7(2-1-3-10(11)15)12(20)8-6-19-5-4-9(8)13(16,17)18/h1-6,12,20H. The third-order valence-corrected chi connectivity index (χ3v) is 3.13. The van der Waals surface area contributed by atoms with Crippen LogP contribution in [0.4, 0.5) is 17.6 Å². The molecule has 0 saturated heterocycles. The topological polar surface area (TPSA) is 33.1 Å². The first kappa shape index (κ1) is 14.7. The van der Waals surface area contributed by atoms with Crippen molar-refractivity contribution in [1.82, 2.24) is 4.98 Å². The van der Waals surface area contributed by atoms with Crippen molar-refractivity contribution < 1.29 is 22.7 Å². The van der Waals surface area contributed by atoms with Crippen molar-refractivity contribution in [1.29, 1.82) is 0 Å². The average molecular weight is 306 g/mol. The van der Waals surface area contributed by atoms with E-state index in [0.29, 0.717) is 0 Å². The summed E-state index contributed by atoms with van der Waals surface area (Å²) in [6.07, 6.45) is -4.52. The van der Waals surface area contributed by atoms with Gasteiger partial charge in [0.15, 0.2) is 0 Å². The Morgan fingerprint density at radius 3 is 2.50 bits per heavy atom. The van der Waals surface area contributed by atoms with Crippen LogP contribution in [0.25, 0.3) is 0 Å². The fraction of sp³-hybridized carbons (Fsp3) is 0.154. The second-order valence-electron chi connectivity index (χ2n) is 4.01. The summed E-state index contributed by atoms with van der Waals surface area (Å²) < 4.78 is 51.9. The highest BCUT2D eigenvalue weighted by molar-refractivity contribution is 6.31. The van der Waals surface area contributed by atoms with Crippen molar-refractivity contribution in [3.63, 3.8) is 0 Å². The molecule has 1 unspecified atom stereocenters. The van der Waals surface area contributed by atoms with Crippen molar-refractivity contribution in [3.05, 3.63) is 64.2 Å². The predicted molar refractivity (Wildman–Crippen MR) is 64.7 cm³/mol. The number of aliphatic hydroxyl groups is 1. The highest BCUT2D eigenvalue weighted by Crippen LogP contribution is 2.37. The molecule has 2 nitrogen and oxygen atoms in total. The molecule has 1 atom stereocenters. The summed E-state index contributed by atoms with van der Waals surface area (Å²) >= 11 is 5.67. The molecule has 106 valence electrons. The van der Waals surface area contributed by atoms with Gasteiger partial charge in [-0.05, 0) is 12.1 Å². The maximum absolute atomic E-state index is 13.3. The van der Waals surface area contributed by atoms with Crippen LogP contribution in [0, 0.1) is 5.82 Å². The highest BCUT2D eigenvalue weighted by Gasteiger charge is 2.35. The summed E-state index contributed by atoms with van der Waals surface area (Å²) in [6.45, 7) is 0. The zero-order chi connectivity index (χ0) is 14.9. The Morgan fingerprint density at radius 2 is 1.85 bits per heavy atom. The molecular formula is C13H8ClF4NO. The van der Waals surface area contributed by atoms with E-state index in [1.165, 1.54) is 12.1 Å². The Balaban J connectivity index is 2.55. The number of aromatic nitrogens is 1. The van der Waals surface area contributed by atoms with Crippen LogP contribution in [0.1, 0.15) is 22.8 Å². The normalized spacial score (nSPS) is 13.3. The Labute approximate surface area is 116 Å². The third-order valence-electron chi connectivity index (χ3n) is 2.73. The monoisotopic (exact) mass is 305 g/mol. The molecular weight excluding hydrogens is 298 g/mol. The number of pyridine rings is 1. The van der Waals surface area contributed by atoms with Gasteiger partial charge in [0.25, 0.3) is 0 Å². The molecule has 1 aromatic heterocycles. The quantitative estimate of drug-likeness (QED) is 0.852. The lowest BCUT2D eigenvalue weighted by Crippen LogP contribution is -2.13. The molecule has 1 heterocycles. The van der Waals surface area contributed by atoms with Gasteiger partial charge in [-0.3, -0.25) is 4.98 Å². The zero-order valence-corrected chi connectivity index (χ0v) is 10.6. The minimum Gasteiger partial charge on any atom is -0.384 e. The number of halogens is 5. The number of nitrogens with zero attached hydrogens (tertiary/aromatic N) is 1. The molecule has 0 aliphatic heterocycles. The van der Waals surface area contributed by atoms with Crippen LogP contribution >= 0.6 is 11.6 Å². The minimum absolute atomic E-state index is 0.148. The average Bonchev–Trinajstić information content (AvgIpc) is 2.40. The number of benzene rings is 1. The first-order valence-electron chi connectivity index (χ1n) is 5.45. The van der Waals surface area contributed by atoms with Gasteiger partial charge in [-0.15, -0.1) is 0 Å². The van der Waals surface area contributed by atoms with E-state index in [0.717, 1.165) is 24.5 Å². The Bertz CT molecular complexity index is 630. The molecule has 2 aromatic rings.